The highest BCUT2D eigenvalue weighted by atomic mass is 14.7. The first-order valence-electron chi connectivity index (χ1n) is 16.0. The van der Waals surface area contributed by atoms with Gasteiger partial charge < -0.3 is 0 Å². The molecule has 3 rings (SSSR count). The Hall–Kier alpha value is -2.93. The molecule has 0 atom stereocenters. The lowest BCUT2D eigenvalue weighted by molar-refractivity contribution is 0.765. The Labute approximate surface area is 245 Å². The van der Waals surface area contributed by atoms with E-state index in [4.69, 9.17) is 4.99 Å². The second kappa shape index (κ2) is 16.4. The van der Waals surface area contributed by atoms with Gasteiger partial charge in [0.15, 0.2) is 0 Å². The average molecular weight is 536 g/mol. The summed E-state index contributed by atoms with van der Waals surface area (Å²) in [4.78, 5) is 5.27. The quantitative estimate of drug-likeness (QED) is 0.172. The second-order valence-corrected chi connectivity index (χ2v) is 11.4. The lowest BCUT2D eigenvalue weighted by atomic mass is 9.89. The number of unbranched alkanes of at least 4 members (excludes halogenated alkanes) is 3. The van der Waals surface area contributed by atoms with Gasteiger partial charge in [0.2, 0.25) is 0 Å². The second-order valence-electron chi connectivity index (χ2n) is 11.4. The van der Waals surface area contributed by atoms with Crippen LogP contribution in [0.2, 0.25) is 0 Å². The molecule has 0 N–H and O–H groups in total. The van der Waals surface area contributed by atoms with Crippen LogP contribution in [0, 0.1) is 6.92 Å². The summed E-state index contributed by atoms with van der Waals surface area (Å²) in [6, 6.07) is 20.4. The Morgan fingerprint density at radius 1 is 0.725 bits per heavy atom. The van der Waals surface area contributed by atoms with Gasteiger partial charge in [0.05, 0.1) is 5.69 Å². The molecule has 214 valence electrons. The van der Waals surface area contributed by atoms with Crippen molar-refractivity contribution in [3.05, 3.63) is 93.6 Å². The predicted molar refractivity (Wildman–Crippen MR) is 179 cm³/mol. The molecule has 0 radical (unpaired) electrons. The Kier molecular flexibility index (Phi) is 12.9. The monoisotopic (exact) mass is 535 g/mol. The van der Waals surface area contributed by atoms with E-state index < -0.39 is 0 Å². The van der Waals surface area contributed by atoms with Crippen LogP contribution in [0.3, 0.4) is 0 Å². The molecule has 0 spiro atoms. The minimum Gasteiger partial charge on any atom is -0.253 e. The van der Waals surface area contributed by atoms with Crippen molar-refractivity contribution < 1.29 is 0 Å². The maximum absolute atomic E-state index is 5.27. The van der Waals surface area contributed by atoms with Crippen molar-refractivity contribution >= 4 is 17.5 Å². The number of nitrogens with zero attached hydrogens (tertiary/aromatic N) is 1. The molecule has 0 aromatic heterocycles. The number of aryl methyl sites for hydroxylation is 3. The molecule has 0 bridgehead atoms. The van der Waals surface area contributed by atoms with Gasteiger partial charge in [-0.05, 0) is 127 Å². The molecule has 3 aromatic carbocycles. The van der Waals surface area contributed by atoms with Crippen LogP contribution in [0.5, 0.6) is 0 Å². The zero-order chi connectivity index (χ0) is 28.9. The average Bonchev–Trinajstić information content (AvgIpc) is 2.97. The lowest BCUT2D eigenvalue weighted by Gasteiger charge is -2.16. The van der Waals surface area contributed by atoms with Crippen LogP contribution in [0.4, 0.5) is 5.69 Å². The van der Waals surface area contributed by atoms with E-state index in [0.717, 1.165) is 24.9 Å². The molecule has 1 nitrogen and oxygen atoms in total. The molecule has 0 unspecified atom stereocenters. The molecule has 40 heavy (non-hydrogen) atoms. The Balaban J connectivity index is 2.05. The minimum atomic E-state index is 0.915. The van der Waals surface area contributed by atoms with Gasteiger partial charge in [0.25, 0.3) is 0 Å². The summed E-state index contributed by atoms with van der Waals surface area (Å²) < 4.78 is 0. The zero-order valence-corrected chi connectivity index (χ0v) is 26.5. The van der Waals surface area contributed by atoms with E-state index >= 15 is 0 Å². The summed E-state index contributed by atoms with van der Waals surface area (Å²) in [5.41, 5.74) is 15.0. The molecule has 0 aliphatic rings. The maximum atomic E-state index is 5.27. The topological polar surface area (TPSA) is 12.4 Å². The molecule has 0 amide bonds. The van der Waals surface area contributed by atoms with E-state index in [0.29, 0.717) is 0 Å². The molecule has 3 aromatic rings. The van der Waals surface area contributed by atoms with Crippen molar-refractivity contribution in [3.8, 4) is 11.1 Å². The van der Waals surface area contributed by atoms with Crippen molar-refractivity contribution in [2.24, 2.45) is 4.99 Å². The third-order valence-corrected chi connectivity index (χ3v) is 8.17. The SMILES string of the molecule is CCCCc1cc(C=C(C)C(CC)=Nc2cc(C)c(CCCC)c(-c3ccccc3)c2)cc(CCCC)c1CC. The van der Waals surface area contributed by atoms with Crippen molar-refractivity contribution in [2.45, 2.75) is 119 Å². The van der Waals surface area contributed by atoms with Crippen LogP contribution in [0.1, 0.15) is 120 Å². The molecule has 0 saturated carbocycles. The van der Waals surface area contributed by atoms with Crippen LogP contribution in [0.25, 0.3) is 17.2 Å². The van der Waals surface area contributed by atoms with E-state index in [-0.39, 0.29) is 0 Å². The molecule has 1 heteroatoms. The predicted octanol–water partition coefficient (Wildman–Crippen LogP) is 11.8. The van der Waals surface area contributed by atoms with E-state index in [1.54, 1.807) is 16.7 Å². The van der Waals surface area contributed by atoms with Crippen LogP contribution in [0.15, 0.2) is 65.2 Å². The third kappa shape index (κ3) is 8.53. The highest BCUT2D eigenvalue weighted by Gasteiger charge is 2.13. The van der Waals surface area contributed by atoms with Gasteiger partial charge in [-0.25, -0.2) is 0 Å². The Bertz CT molecular complexity index is 1250. The molecular weight excluding hydrogens is 482 g/mol. The molecule has 0 aliphatic heterocycles. The van der Waals surface area contributed by atoms with Crippen molar-refractivity contribution in [1.82, 2.24) is 0 Å². The number of hydrogen-bond acceptors (Lipinski definition) is 1. The molecule has 0 aliphatic carbocycles. The van der Waals surface area contributed by atoms with Crippen LogP contribution in [-0.4, -0.2) is 5.71 Å². The van der Waals surface area contributed by atoms with Crippen LogP contribution in [-0.2, 0) is 25.7 Å². The summed E-state index contributed by atoms with van der Waals surface area (Å²) in [6.45, 7) is 15.9. The van der Waals surface area contributed by atoms with Gasteiger partial charge in [-0.15, -0.1) is 0 Å². The van der Waals surface area contributed by atoms with Gasteiger partial charge >= 0.3 is 0 Å². The first kappa shape index (κ1) is 31.6. The normalized spacial score (nSPS) is 12.3. The zero-order valence-electron chi connectivity index (χ0n) is 26.5. The van der Waals surface area contributed by atoms with Gasteiger partial charge in [-0.2, -0.15) is 0 Å². The fourth-order valence-corrected chi connectivity index (χ4v) is 5.90. The Morgan fingerprint density at radius 2 is 1.32 bits per heavy atom. The maximum Gasteiger partial charge on any atom is 0.0642 e. The minimum absolute atomic E-state index is 0.915. The number of rotatable bonds is 15. The third-order valence-electron chi connectivity index (χ3n) is 8.17. The summed E-state index contributed by atoms with van der Waals surface area (Å²) in [6.07, 6.45) is 15.3. The van der Waals surface area contributed by atoms with E-state index in [1.165, 1.54) is 90.5 Å². The number of benzene rings is 3. The van der Waals surface area contributed by atoms with Crippen molar-refractivity contribution in [1.29, 1.82) is 0 Å². The van der Waals surface area contributed by atoms with Gasteiger partial charge in [0.1, 0.15) is 0 Å². The summed E-state index contributed by atoms with van der Waals surface area (Å²) in [5.74, 6) is 0. The highest BCUT2D eigenvalue weighted by Crippen LogP contribution is 2.33. The first-order chi connectivity index (χ1) is 19.4. The largest absolute Gasteiger partial charge is 0.253 e. The Morgan fingerprint density at radius 3 is 1.88 bits per heavy atom. The van der Waals surface area contributed by atoms with Crippen molar-refractivity contribution in [3.63, 3.8) is 0 Å². The van der Waals surface area contributed by atoms with Gasteiger partial charge in [-0.3, -0.25) is 4.99 Å². The summed E-state index contributed by atoms with van der Waals surface area (Å²) in [5, 5.41) is 0. The number of aliphatic imine (C=N–C) groups is 1. The van der Waals surface area contributed by atoms with Gasteiger partial charge in [-0.1, -0.05) is 102 Å². The van der Waals surface area contributed by atoms with E-state index in [2.05, 4.69) is 109 Å². The number of hydrogen-bond donors (Lipinski definition) is 0. The first-order valence-corrected chi connectivity index (χ1v) is 16.0. The van der Waals surface area contributed by atoms with Gasteiger partial charge in [0, 0.05) is 5.71 Å². The van der Waals surface area contributed by atoms with E-state index in [1.807, 2.05) is 0 Å². The molecular formula is C39H53N. The standard InChI is InChI=1S/C39H53N/c1-8-13-19-33-26-31(27-34(20-14-9-2)36(33)11-4)24-30(7)39(12-5)40-35-25-29(6)37(23-15-10-3)38(28-35)32-21-17-16-18-22-32/h16-18,21-22,24-28H,8-15,19-20,23H2,1-7H3. The summed E-state index contributed by atoms with van der Waals surface area (Å²) in [7, 11) is 0. The molecule has 0 saturated heterocycles. The lowest BCUT2D eigenvalue weighted by Crippen LogP contribution is -2.03. The smallest absolute Gasteiger partial charge is 0.0642 e. The fraction of sp³-hybridized carbons (Fsp3) is 0.462. The fourth-order valence-electron chi connectivity index (χ4n) is 5.90. The van der Waals surface area contributed by atoms with E-state index in [9.17, 15) is 0 Å². The van der Waals surface area contributed by atoms with Crippen LogP contribution < -0.4 is 0 Å². The summed E-state index contributed by atoms with van der Waals surface area (Å²) >= 11 is 0. The molecule has 0 fully saturated rings. The molecule has 0 heterocycles. The number of allylic oxidation sites excluding steroid dienone is 1. The highest BCUT2D eigenvalue weighted by molar-refractivity contribution is 6.04. The van der Waals surface area contributed by atoms with Crippen molar-refractivity contribution in [2.75, 3.05) is 0 Å². The van der Waals surface area contributed by atoms with Crippen LogP contribution >= 0.6 is 0 Å².